The monoisotopic (exact) mass is 208 g/mol. The number of tetrazole rings is 1. The van der Waals surface area contributed by atoms with Crippen molar-refractivity contribution in [2.24, 2.45) is 0 Å². The molecule has 78 valence electrons. The van der Waals surface area contributed by atoms with Crippen molar-refractivity contribution in [1.29, 1.82) is 0 Å². The van der Waals surface area contributed by atoms with Crippen LogP contribution < -0.4 is 11.1 Å². The third-order valence-electron chi connectivity index (χ3n) is 1.74. The summed E-state index contributed by atoms with van der Waals surface area (Å²) in [5, 5.41) is 21.3. The van der Waals surface area contributed by atoms with Crippen LogP contribution in [0.15, 0.2) is 6.20 Å². The molecule has 5 N–H and O–H groups in total. The average Bonchev–Trinajstić information content (AvgIpc) is 2.85. The van der Waals surface area contributed by atoms with E-state index in [2.05, 4.69) is 36.1 Å². The molecule has 0 spiro atoms. The Morgan fingerprint density at radius 2 is 2.47 bits per heavy atom. The number of nitrogens with one attached hydrogen (secondary N) is 3. The Bertz CT molecular complexity index is 445. The molecule has 9 heteroatoms. The maximum atomic E-state index is 11.3. The number of aromatic amines is 2. The first-order valence-electron chi connectivity index (χ1n) is 4.06. The number of nitrogens with zero attached hydrogens (tertiary/aromatic N) is 4. The standard InChI is InChI=1S/C6H8N8O/c7-4-3(2-9-10-4)1-8-6(15)5-11-13-14-12-5/h2H,1H2,(H,8,15)(H3,7,9,10)(H,11,12,13,14). The van der Waals surface area contributed by atoms with Crippen molar-refractivity contribution < 1.29 is 4.79 Å². The van der Waals surface area contributed by atoms with E-state index in [1.165, 1.54) is 6.20 Å². The smallest absolute Gasteiger partial charge is 0.293 e. The summed E-state index contributed by atoms with van der Waals surface area (Å²) in [4.78, 5) is 11.3. The maximum absolute atomic E-state index is 11.3. The molecule has 0 fully saturated rings. The average molecular weight is 208 g/mol. The molecule has 0 radical (unpaired) electrons. The molecule has 0 aliphatic rings. The zero-order valence-corrected chi connectivity index (χ0v) is 7.56. The van der Waals surface area contributed by atoms with Gasteiger partial charge in [0.05, 0.1) is 6.20 Å². The van der Waals surface area contributed by atoms with Crippen LogP contribution >= 0.6 is 0 Å². The van der Waals surface area contributed by atoms with Crippen molar-refractivity contribution in [1.82, 2.24) is 36.1 Å². The lowest BCUT2D eigenvalue weighted by molar-refractivity contribution is 0.0940. The molecule has 0 atom stereocenters. The molecule has 0 aliphatic heterocycles. The first-order chi connectivity index (χ1) is 7.27. The Morgan fingerprint density at radius 3 is 3.07 bits per heavy atom. The first-order valence-corrected chi connectivity index (χ1v) is 4.06. The number of hydrogen-bond acceptors (Lipinski definition) is 6. The van der Waals surface area contributed by atoms with E-state index in [-0.39, 0.29) is 12.4 Å². The molecular formula is C6H8N8O. The summed E-state index contributed by atoms with van der Waals surface area (Å²) in [6.07, 6.45) is 1.53. The zero-order valence-electron chi connectivity index (χ0n) is 7.56. The lowest BCUT2D eigenvalue weighted by Crippen LogP contribution is -2.24. The summed E-state index contributed by atoms with van der Waals surface area (Å²) in [5.74, 6) is -0.0233. The minimum absolute atomic E-state index is 0.0166. The van der Waals surface area contributed by atoms with Crippen molar-refractivity contribution in [3.63, 3.8) is 0 Å². The third-order valence-corrected chi connectivity index (χ3v) is 1.74. The van der Waals surface area contributed by atoms with Gasteiger partial charge in [-0.25, -0.2) is 0 Å². The van der Waals surface area contributed by atoms with Crippen LogP contribution in [0.3, 0.4) is 0 Å². The van der Waals surface area contributed by atoms with E-state index in [0.29, 0.717) is 11.4 Å². The Labute approximate surface area is 83.4 Å². The largest absolute Gasteiger partial charge is 0.384 e. The van der Waals surface area contributed by atoms with E-state index < -0.39 is 5.91 Å². The van der Waals surface area contributed by atoms with Gasteiger partial charge in [-0.1, -0.05) is 0 Å². The van der Waals surface area contributed by atoms with Crippen molar-refractivity contribution in [2.75, 3.05) is 5.73 Å². The summed E-state index contributed by atoms with van der Waals surface area (Å²) in [6, 6.07) is 0. The molecule has 2 heterocycles. The first kappa shape index (κ1) is 9.12. The minimum Gasteiger partial charge on any atom is -0.384 e. The summed E-state index contributed by atoms with van der Waals surface area (Å²) in [6.45, 7) is 0.260. The van der Waals surface area contributed by atoms with Crippen LogP contribution in [-0.2, 0) is 6.54 Å². The Hall–Kier alpha value is -2.45. The molecule has 0 saturated heterocycles. The quantitative estimate of drug-likeness (QED) is 0.481. The lowest BCUT2D eigenvalue weighted by Gasteiger charge is -1.99. The summed E-state index contributed by atoms with van der Waals surface area (Å²) in [7, 11) is 0. The highest BCUT2D eigenvalue weighted by Crippen LogP contribution is 2.04. The van der Waals surface area contributed by atoms with Gasteiger partial charge in [0.25, 0.3) is 11.7 Å². The molecule has 2 aromatic rings. The van der Waals surface area contributed by atoms with Crippen LogP contribution in [0, 0.1) is 0 Å². The van der Waals surface area contributed by atoms with Crippen LogP contribution in [0.5, 0.6) is 0 Å². The second-order valence-electron chi connectivity index (χ2n) is 2.73. The van der Waals surface area contributed by atoms with Gasteiger partial charge in [0.2, 0.25) is 0 Å². The molecule has 0 aromatic carbocycles. The fourth-order valence-corrected chi connectivity index (χ4v) is 0.974. The van der Waals surface area contributed by atoms with E-state index in [0.717, 1.165) is 0 Å². The Balaban J connectivity index is 1.95. The maximum Gasteiger partial charge on any atom is 0.293 e. The molecule has 2 rings (SSSR count). The van der Waals surface area contributed by atoms with Gasteiger partial charge < -0.3 is 11.1 Å². The van der Waals surface area contributed by atoms with Crippen molar-refractivity contribution in [3.05, 3.63) is 17.6 Å². The summed E-state index contributed by atoms with van der Waals surface area (Å²) < 4.78 is 0. The van der Waals surface area contributed by atoms with E-state index >= 15 is 0 Å². The normalized spacial score (nSPS) is 10.1. The molecular weight excluding hydrogens is 200 g/mol. The molecule has 15 heavy (non-hydrogen) atoms. The number of H-pyrrole nitrogens is 2. The highest BCUT2D eigenvalue weighted by Gasteiger charge is 2.10. The van der Waals surface area contributed by atoms with Gasteiger partial charge in [0, 0.05) is 12.1 Å². The molecule has 9 nitrogen and oxygen atoms in total. The molecule has 0 bridgehead atoms. The van der Waals surface area contributed by atoms with Gasteiger partial charge in [-0.05, 0) is 5.21 Å². The highest BCUT2D eigenvalue weighted by molar-refractivity contribution is 5.90. The summed E-state index contributed by atoms with van der Waals surface area (Å²) >= 11 is 0. The van der Waals surface area contributed by atoms with Crippen LogP contribution in [0.4, 0.5) is 5.82 Å². The number of nitrogens with two attached hydrogens (primary N) is 1. The topological polar surface area (TPSA) is 138 Å². The number of hydrogen-bond donors (Lipinski definition) is 4. The third kappa shape index (κ3) is 1.90. The number of nitrogen functional groups attached to an aromatic ring is 1. The van der Waals surface area contributed by atoms with Gasteiger partial charge in [-0.2, -0.15) is 10.3 Å². The number of anilines is 1. The zero-order chi connectivity index (χ0) is 10.7. The number of rotatable bonds is 3. The fraction of sp³-hybridized carbons (Fsp3) is 0.167. The van der Waals surface area contributed by atoms with Gasteiger partial charge in [-0.15, -0.1) is 10.2 Å². The van der Waals surface area contributed by atoms with E-state index in [9.17, 15) is 4.79 Å². The van der Waals surface area contributed by atoms with Gasteiger partial charge in [0.1, 0.15) is 5.82 Å². The van der Waals surface area contributed by atoms with Gasteiger partial charge >= 0.3 is 0 Å². The van der Waals surface area contributed by atoms with Crippen LogP contribution in [0.2, 0.25) is 0 Å². The molecule has 2 aromatic heterocycles. The number of aromatic nitrogens is 6. The number of carbonyl (C=O) groups is 1. The van der Waals surface area contributed by atoms with E-state index in [4.69, 9.17) is 5.73 Å². The second kappa shape index (κ2) is 3.74. The lowest BCUT2D eigenvalue weighted by atomic mass is 10.3. The predicted molar refractivity (Wildman–Crippen MR) is 48.3 cm³/mol. The Morgan fingerprint density at radius 1 is 1.60 bits per heavy atom. The second-order valence-corrected chi connectivity index (χ2v) is 2.73. The van der Waals surface area contributed by atoms with Crippen molar-refractivity contribution in [3.8, 4) is 0 Å². The SMILES string of the molecule is Nc1[nH]ncc1CNC(=O)c1nn[nH]n1. The minimum atomic E-state index is -0.427. The number of carbonyl (C=O) groups excluding carboxylic acids is 1. The van der Waals surface area contributed by atoms with Crippen LogP contribution in [0.1, 0.15) is 16.2 Å². The fourth-order valence-electron chi connectivity index (χ4n) is 0.974. The molecule has 1 amide bonds. The van der Waals surface area contributed by atoms with Crippen molar-refractivity contribution >= 4 is 11.7 Å². The van der Waals surface area contributed by atoms with E-state index in [1.807, 2.05) is 0 Å². The van der Waals surface area contributed by atoms with E-state index in [1.54, 1.807) is 0 Å². The van der Waals surface area contributed by atoms with Gasteiger partial charge in [-0.3, -0.25) is 9.89 Å². The van der Waals surface area contributed by atoms with Crippen LogP contribution in [0.25, 0.3) is 0 Å². The van der Waals surface area contributed by atoms with Crippen molar-refractivity contribution in [2.45, 2.75) is 6.54 Å². The van der Waals surface area contributed by atoms with Crippen LogP contribution in [-0.4, -0.2) is 36.7 Å². The molecule has 0 saturated carbocycles. The van der Waals surface area contributed by atoms with Gasteiger partial charge in [0.15, 0.2) is 0 Å². The predicted octanol–water partition coefficient (Wildman–Crippen LogP) is -1.57. The highest BCUT2D eigenvalue weighted by atomic mass is 16.2. The Kier molecular flexibility index (Phi) is 2.27. The molecule has 0 unspecified atom stereocenters. The molecule has 0 aliphatic carbocycles. The summed E-state index contributed by atoms with van der Waals surface area (Å²) in [5.41, 5.74) is 6.23. The number of amides is 1.